The standard InChI is InChI=1S/C17H15BrOS/c1-12-3-7-14(8-4-12)17(19)16(18)11-13-5-9-15(20-2)10-6-13/h3-11H,1-2H3/b16-11-. The van der Waals surface area contributed by atoms with E-state index in [1.165, 1.54) is 4.90 Å². The molecule has 0 aliphatic carbocycles. The van der Waals surface area contributed by atoms with E-state index in [0.717, 1.165) is 11.1 Å². The number of halogens is 1. The molecule has 0 fully saturated rings. The summed E-state index contributed by atoms with van der Waals surface area (Å²) in [7, 11) is 0. The third-order valence-electron chi connectivity index (χ3n) is 2.94. The molecule has 0 amide bonds. The van der Waals surface area contributed by atoms with Gasteiger partial charge in [0.2, 0.25) is 0 Å². The van der Waals surface area contributed by atoms with Crippen LogP contribution < -0.4 is 0 Å². The minimum absolute atomic E-state index is 0.000979. The van der Waals surface area contributed by atoms with E-state index in [1.54, 1.807) is 11.8 Å². The molecule has 3 heteroatoms. The molecule has 0 unspecified atom stereocenters. The molecule has 1 nitrogen and oxygen atoms in total. The molecule has 0 aliphatic rings. The van der Waals surface area contributed by atoms with Crippen LogP contribution in [-0.2, 0) is 0 Å². The normalized spacial score (nSPS) is 11.4. The number of hydrogen-bond acceptors (Lipinski definition) is 2. The maximum absolute atomic E-state index is 12.3. The quantitative estimate of drug-likeness (QED) is 0.422. The summed E-state index contributed by atoms with van der Waals surface area (Å²) in [5, 5.41) is 0. The molecular formula is C17H15BrOS. The van der Waals surface area contributed by atoms with E-state index in [2.05, 4.69) is 15.9 Å². The lowest BCUT2D eigenvalue weighted by atomic mass is 10.1. The zero-order chi connectivity index (χ0) is 14.5. The van der Waals surface area contributed by atoms with E-state index < -0.39 is 0 Å². The molecule has 2 aromatic rings. The number of allylic oxidation sites excluding steroid dienone is 1. The van der Waals surface area contributed by atoms with E-state index in [1.807, 2.05) is 67.8 Å². The highest BCUT2D eigenvalue weighted by Gasteiger charge is 2.09. The molecule has 0 atom stereocenters. The lowest BCUT2D eigenvalue weighted by Gasteiger charge is -2.02. The minimum atomic E-state index is -0.000979. The Labute approximate surface area is 132 Å². The van der Waals surface area contributed by atoms with Crippen LogP contribution in [0.5, 0.6) is 0 Å². The first-order valence-electron chi connectivity index (χ1n) is 6.23. The first-order valence-corrected chi connectivity index (χ1v) is 8.24. The molecule has 0 radical (unpaired) electrons. The second-order valence-electron chi connectivity index (χ2n) is 4.46. The Bertz CT molecular complexity index is 627. The largest absolute Gasteiger partial charge is 0.288 e. The third kappa shape index (κ3) is 3.84. The maximum atomic E-state index is 12.3. The molecule has 20 heavy (non-hydrogen) atoms. The monoisotopic (exact) mass is 346 g/mol. The van der Waals surface area contributed by atoms with Crippen LogP contribution in [0.3, 0.4) is 0 Å². The molecule has 0 bridgehead atoms. The van der Waals surface area contributed by atoms with Crippen molar-refractivity contribution in [3.63, 3.8) is 0 Å². The summed E-state index contributed by atoms with van der Waals surface area (Å²) in [6.07, 6.45) is 3.90. The Balaban J connectivity index is 2.20. The Morgan fingerprint density at radius 1 is 1.05 bits per heavy atom. The highest BCUT2D eigenvalue weighted by atomic mass is 79.9. The van der Waals surface area contributed by atoms with Gasteiger partial charge in [0, 0.05) is 10.5 Å². The summed E-state index contributed by atoms with van der Waals surface area (Å²) in [5.41, 5.74) is 2.85. The first-order chi connectivity index (χ1) is 9.60. The molecule has 2 aromatic carbocycles. The lowest BCUT2D eigenvalue weighted by molar-refractivity contribution is 0.104. The van der Waals surface area contributed by atoms with Gasteiger partial charge in [0.05, 0.1) is 4.48 Å². The van der Waals surface area contributed by atoms with Gasteiger partial charge in [-0.05, 0) is 52.9 Å². The number of carbonyl (C=O) groups is 1. The summed E-state index contributed by atoms with van der Waals surface area (Å²) in [4.78, 5) is 13.5. The minimum Gasteiger partial charge on any atom is -0.288 e. The molecule has 0 heterocycles. The first kappa shape index (κ1) is 15.1. The lowest BCUT2D eigenvalue weighted by Crippen LogP contribution is -1.98. The van der Waals surface area contributed by atoms with Crippen molar-refractivity contribution in [3.8, 4) is 0 Å². The fourth-order valence-corrected chi connectivity index (χ4v) is 2.66. The molecule has 0 spiro atoms. The van der Waals surface area contributed by atoms with Gasteiger partial charge >= 0.3 is 0 Å². The predicted molar refractivity (Wildman–Crippen MR) is 90.6 cm³/mol. The van der Waals surface area contributed by atoms with Crippen LogP contribution in [-0.4, -0.2) is 12.0 Å². The highest BCUT2D eigenvalue weighted by molar-refractivity contribution is 9.12. The van der Waals surface area contributed by atoms with Crippen molar-refractivity contribution in [2.45, 2.75) is 11.8 Å². The van der Waals surface area contributed by atoms with Gasteiger partial charge in [-0.3, -0.25) is 4.79 Å². The van der Waals surface area contributed by atoms with E-state index in [4.69, 9.17) is 0 Å². The Kier molecular flexibility index (Phi) is 5.21. The van der Waals surface area contributed by atoms with Crippen molar-refractivity contribution in [3.05, 3.63) is 69.7 Å². The van der Waals surface area contributed by atoms with Gasteiger partial charge in [0.25, 0.3) is 0 Å². The summed E-state index contributed by atoms with van der Waals surface area (Å²) in [5.74, 6) is -0.000979. The fraction of sp³-hybridized carbons (Fsp3) is 0.118. The van der Waals surface area contributed by atoms with Crippen LogP contribution in [0.1, 0.15) is 21.5 Å². The number of aryl methyl sites for hydroxylation is 1. The molecular weight excluding hydrogens is 332 g/mol. The van der Waals surface area contributed by atoms with Crippen molar-refractivity contribution in [2.24, 2.45) is 0 Å². The van der Waals surface area contributed by atoms with Gasteiger partial charge in [-0.2, -0.15) is 0 Å². The zero-order valence-electron chi connectivity index (χ0n) is 11.4. The van der Waals surface area contributed by atoms with Crippen LogP contribution in [0.4, 0.5) is 0 Å². The molecule has 0 N–H and O–H groups in total. The van der Waals surface area contributed by atoms with Crippen LogP contribution >= 0.6 is 27.7 Å². The van der Waals surface area contributed by atoms with Gasteiger partial charge in [-0.25, -0.2) is 0 Å². The summed E-state index contributed by atoms with van der Waals surface area (Å²) in [6, 6.07) is 15.7. The van der Waals surface area contributed by atoms with Crippen LogP contribution in [0, 0.1) is 6.92 Å². The van der Waals surface area contributed by atoms with Gasteiger partial charge in [0.15, 0.2) is 5.78 Å². The van der Waals surface area contributed by atoms with Crippen LogP contribution in [0.15, 0.2) is 57.9 Å². The summed E-state index contributed by atoms with van der Waals surface area (Å²) in [6.45, 7) is 2.01. The Morgan fingerprint density at radius 2 is 1.65 bits per heavy atom. The molecule has 0 saturated carbocycles. The highest BCUT2D eigenvalue weighted by Crippen LogP contribution is 2.20. The number of Topliss-reactive ketones (excluding diaryl/α,β-unsaturated/α-hetero) is 1. The zero-order valence-corrected chi connectivity index (χ0v) is 13.8. The third-order valence-corrected chi connectivity index (χ3v) is 4.27. The Hall–Kier alpha value is -1.32. The number of benzene rings is 2. The SMILES string of the molecule is CSc1ccc(/C=C(\Br)C(=O)c2ccc(C)cc2)cc1. The van der Waals surface area contributed by atoms with Gasteiger partial charge in [0.1, 0.15) is 0 Å². The molecule has 0 saturated heterocycles. The predicted octanol–water partition coefficient (Wildman–Crippen LogP) is 5.34. The molecule has 0 aromatic heterocycles. The molecule has 0 aliphatic heterocycles. The second kappa shape index (κ2) is 6.91. The number of ketones is 1. The van der Waals surface area contributed by atoms with E-state index >= 15 is 0 Å². The topological polar surface area (TPSA) is 17.1 Å². The van der Waals surface area contributed by atoms with Gasteiger partial charge < -0.3 is 0 Å². The molecule has 102 valence electrons. The van der Waals surface area contributed by atoms with Gasteiger partial charge in [-0.15, -0.1) is 11.8 Å². The van der Waals surface area contributed by atoms with Crippen LogP contribution in [0.25, 0.3) is 6.08 Å². The van der Waals surface area contributed by atoms with Crippen molar-refractivity contribution < 1.29 is 4.79 Å². The summed E-state index contributed by atoms with van der Waals surface area (Å²) < 4.78 is 0.568. The van der Waals surface area contributed by atoms with E-state index in [9.17, 15) is 4.79 Å². The second-order valence-corrected chi connectivity index (χ2v) is 6.19. The number of thioether (sulfide) groups is 1. The average Bonchev–Trinajstić information content (AvgIpc) is 2.48. The maximum Gasteiger partial charge on any atom is 0.199 e. The smallest absolute Gasteiger partial charge is 0.199 e. The Morgan fingerprint density at radius 3 is 2.20 bits per heavy atom. The number of rotatable bonds is 4. The molecule has 2 rings (SSSR count). The number of hydrogen-bond donors (Lipinski definition) is 0. The number of carbonyl (C=O) groups excluding carboxylic acids is 1. The van der Waals surface area contributed by atoms with Crippen molar-refractivity contribution in [1.82, 2.24) is 0 Å². The van der Waals surface area contributed by atoms with Crippen molar-refractivity contribution >= 4 is 39.6 Å². The van der Waals surface area contributed by atoms with E-state index in [0.29, 0.717) is 10.0 Å². The fourth-order valence-electron chi connectivity index (χ4n) is 1.75. The summed E-state index contributed by atoms with van der Waals surface area (Å²) >= 11 is 5.08. The van der Waals surface area contributed by atoms with Crippen molar-refractivity contribution in [2.75, 3.05) is 6.26 Å². The van der Waals surface area contributed by atoms with Crippen LogP contribution in [0.2, 0.25) is 0 Å². The van der Waals surface area contributed by atoms with Crippen molar-refractivity contribution in [1.29, 1.82) is 0 Å². The van der Waals surface area contributed by atoms with Gasteiger partial charge in [-0.1, -0.05) is 42.0 Å². The van der Waals surface area contributed by atoms with E-state index in [-0.39, 0.29) is 5.78 Å². The average molecular weight is 347 g/mol.